The van der Waals surface area contributed by atoms with Crippen LogP contribution in [0, 0.1) is 17.1 Å². The van der Waals surface area contributed by atoms with Crippen LogP contribution in [0.4, 0.5) is 4.39 Å². The highest BCUT2D eigenvalue weighted by molar-refractivity contribution is 5.90. The minimum absolute atomic E-state index is 0.254. The predicted octanol–water partition coefficient (Wildman–Crippen LogP) is 4.30. The molecule has 0 radical (unpaired) electrons. The van der Waals surface area contributed by atoms with Crippen LogP contribution in [0.2, 0.25) is 0 Å². The van der Waals surface area contributed by atoms with Gasteiger partial charge in [-0.1, -0.05) is 24.3 Å². The molecule has 0 amide bonds. The Kier molecular flexibility index (Phi) is 5.16. The van der Waals surface area contributed by atoms with Crippen molar-refractivity contribution in [3.8, 4) is 17.6 Å². The zero-order valence-electron chi connectivity index (χ0n) is 12.5. The van der Waals surface area contributed by atoms with Crippen molar-refractivity contribution < 1.29 is 13.9 Å². The van der Waals surface area contributed by atoms with Gasteiger partial charge in [0.15, 0.2) is 11.5 Å². The van der Waals surface area contributed by atoms with Crippen LogP contribution in [0.5, 0.6) is 11.5 Å². The molecule has 0 atom stereocenters. The molecule has 3 nitrogen and oxygen atoms in total. The SMILES string of the molecule is CCOc1ccc(/C=C(/C#N)c2ccccc2F)cc1OC. The van der Waals surface area contributed by atoms with Crippen molar-refractivity contribution in [1.29, 1.82) is 5.26 Å². The van der Waals surface area contributed by atoms with Gasteiger partial charge in [-0.15, -0.1) is 0 Å². The molecule has 0 saturated heterocycles. The van der Waals surface area contributed by atoms with E-state index in [1.165, 1.54) is 6.07 Å². The minimum atomic E-state index is -0.423. The average Bonchev–Trinajstić information content (AvgIpc) is 2.54. The number of methoxy groups -OCH3 is 1. The van der Waals surface area contributed by atoms with Gasteiger partial charge < -0.3 is 9.47 Å². The second-order valence-electron chi connectivity index (χ2n) is 4.49. The maximum absolute atomic E-state index is 13.8. The lowest BCUT2D eigenvalue weighted by Gasteiger charge is -2.10. The summed E-state index contributed by atoms with van der Waals surface area (Å²) in [7, 11) is 1.55. The Balaban J connectivity index is 2.43. The molecule has 4 heteroatoms. The van der Waals surface area contributed by atoms with Crippen molar-refractivity contribution in [1.82, 2.24) is 0 Å². The number of nitrogens with zero attached hydrogens (tertiary/aromatic N) is 1. The van der Waals surface area contributed by atoms with E-state index in [0.717, 1.165) is 5.56 Å². The van der Waals surface area contributed by atoms with E-state index in [0.29, 0.717) is 18.1 Å². The van der Waals surface area contributed by atoms with Crippen LogP contribution in [0.25, 0.3) is 11.6 Å². The molecule has 0 fully saturated rings. The van der Waals surface area contributed by atoms with Crippen LogP contribution in [0.3, 0.4) is 0 Å². The fraction of sp³-hybridized carbons (Fsp3) is 0.167. The van der Waals surface area contributed by atoms with Gasteiger partial charge in [0, 0.05) is 5.56 Å². The third kappa shape index (κ3) is 3.44. The van der Waals surface area contributed by atoms with Crippen molar-refractivity contribution in [3.05, 3.63) is 59.4 Å². The third-order valence-electron chi connectivity index (χ3n) is 3.08. The first-order valence-electron chi connectivity index (χ1n) is 6.87. The Hall–Kier alpha value is -2.80. The van der Waals surface area contributed by atoms with Crippen LogP contribution in [0.15, 0.2) is 42.5 Å². The fourth-order valence-corrected chi connectivity index (χ4v) is 2.07. The second kappa shape index (κ2) is 7.28. The number of benzene rings is 2. The standard InChI is InChI=1S/C18H16FNO2/c1-3-22-17-9-8-13(11-18(17)21-2)10-14(12-20)15-6-4-5-7-16(15)19/h4-11H,3H2,1-2H3/b14-10-. The molecule has 0 N–H and O–H groups in total. The van der Waals surface area contributed by atoms with Crippen LogP contribution in [-0.4, -0.2) is 13.7 Å². The van der Waals surface area contributed by atoms with E-state index >= 15 is 0 Å². The Morgan fingerprint density at radius 2 is 2.00 bits per heavy atom. The molecule has 112 valence electrons. The first kappa shape index (κ1) is 15.6. The van der Waals surface area contributed by atoms with Crippen molar-refractivity contribution in [3.63, 3.8) is 0 Å². The first-order valence-corrected chi connectivity index (χ1v) is 6.87. The average molecular weight is 297 g/mol. The van der Waals surface area contributed by atoms with E-state index in [2.05, 4.69) is 0 Å². The van der Waals surface area contributed by atoms with Gasteiger partial charge in [-0.25, -0.2) is 4.39 Å². The first-order chi connectivity index (χ1) is 10.7. The van der Waals surface area contributed by atoms with Crippen LogP contribution in [-0.2, 0) is 0 Å². The Labute approximate surface area is 129 Å². The highest BCUT2D eigenvalue weighted by Gasteiger charge is 2.09. The zero-order chi connectivity index (χ0) is 15.9. The van der Waals surface area contributed by atoms with E-state index in [9.17, 15) is 9.65 Å². The Morgan fingerprint density at radius 1 is 1.23 bits per heavy atom. The van der Waals surface area contributed by atoms with E-state index in [4.69, 9.17) is 9.47 Å². The van der Waals surface area contributed by atoms with Gasteiger partial charge in [0.25, 0.3) is 0 Å². The minimum Gasteiger partial charge on any atom is -0.493 e. The summed E-state index contributed by atoms with van der Waals surface area (Å²) in [5.74, 6) is 0.779. The second-order valence-corrected chi connectivity index (χ2v) is 4.49. The molecular formula is C18H16FNO2. The maximum atomic E-state index is 13.8. The number of nitriles is 1. The van der Waals surface area contributed by atoms with Crippen LogP contribution >= 0.6 is 0 Å². The summed E-state index contributed by atoms with van der Waals surface area (Å²) >= 11 is 0. The highest BCUT2D eigenvalue weighted by Crippen LogP contribution is 2.30. The number of halogens is 1. The van der Waals surface area contributed by atoms with Gasteiger partial charge >= 0.3 is 0 Å². The van der Waals surface area contributed by atoms with Gasteiger partial charge in [0.05, 0.1) is 25.4 Å². The molecule has 0 spiro atoms. The number of hydrogen-bond acceptors (Lipinski definition) is 3. The molecule has 0 heterocycles. The lowest BCUT2D eigenvalue weighted by atomic mass is 10.0. The lowest BCUT2D eigenvalue weighted by Crippen LogP contribution is -1.95. The molecule has 0 aliphatic rings. The Morgan fingerprint density at radius 3 is 2.64 bits per heavy atom. The molecule has 0 aliphatic carbocycles. The molecule has 0 bridgehead atoms. The van der Waals surface area contributed by atoms with Gasteiger partial charge in [-0.3, -0.25) is 0 Å². The summed E-state index contributed by atoms with van der Waals surface area (Å²) < 4.78 is 24.5. The van der Waals surface area contributed by atoms with E-state index in [1.54, 1.807) is 49.6 Å². The molecule has 22 heavy (non-hydrogen) atoms. The molecule has 0 aromatic heterocycles. The quantitative estimate of drug-likeness (QED) is 0.610. The third-order valence-corrected chi connectivity index (χ3v) is 3.08. The number of ether oxygens (including phenoxy) is 2. The van der Waals surface area contributed by atoms with Crippen molar-refractivity contribution >= 4 is 11.6 Å². The van der Waals surface area contributed by atoms with Gasteiger partial charge in [0.1, 0.15) is 5.82 Å². The molecule has 2 aromatic carbocycles. The fourth-order valence-electron chi connectivity index (χ4n) is 2.07. The summed E-state index contributed by atoms with van der Waals surface area (Å²) in [6.07, 6.45) is 1.62. The lowest BCUT2D eigenvalue weighted by molar-refractivity contribution is 0.311. The molecule has 2 aromatic rings. The summed E-state index contributed by atoms with van der Waals surface area (Å²) in [6.45, 7) is 2.42. The van der Waals surface area contributed by atoms with Crippen molar-refractivity contribution in [2.24, 2.45) is 0 Å². The van der Waals surface area contributed by atoms with Crippen molar-refractivity contribution in [2.75, 3.05) is 13.7 Å². The van der Waals surface area contributed by atoms with Crippen molar-refractivity contribution in [2.45, 2.75) is 6.92 Å². The number of rotatable bonds is 5. The normalized spacial score (nSPS) is 10.9. The smallest absolute Gasteiger partial charge is 0.161 e. The van der Waals surface area contributed by atoms with Gasteiger partial charge in [-0.05, 0) is 36.8 Å². The van der Waals surface area contributed by atoms with Gasteiger partial charge in [-0.2, -0.15) is 5.26 Å². The molecular weight excluding hydrogens is 281 g/mol. The molecule has 0 saturated carbocycles. The van der Waals surface area contributed by atoms with Gasteiger partial charge in [0.2, 0.25) is 0 Å². The maximum Gasteiger partial charge on any atom is 0.161 e. The monoisotopic (exact) mass is 297 g/mol. The highest BCUT2D eigenvalue weighted by atomic mass is 19.1. The summed E-state index contributed by atoms with van der Waals surface area (Å²) in [5.41, 5.74) is 1.27. The molecule has 0 aliphatic heterocycles. The Bertz CT molecular complexity index is 732. The topological polar surface area (TPSA) is 42.2 Å². The van der Waals surface area contributed by atoms with E-state index < -0.39 is 5.82 Å². The van der Waals surface area contributed by atoms with E-state index in [-0.39, 0.29) is 11.1 Å². The van der Waals surface area contributed by atoms with Crippen LogP contribution < -0.4 is 9.47 Å². The summed E-state index contributed by atoms with van der Waals surface area (Å²) in [6, 6.07) is 13.6. The zero-order valence-corrected chi connectivity index (χ0v) is 12.5. The summed E-state index contributed by atoms with van der Waals surface area (Å²) in [4.78, 5) is 0. The molecule has 2 rings (SSSR count). The number of allylic oxidation sites excluding steroid dienone is 1. The predicted molar refractivity (Wildman–Crippen MR) is 84.0 cm³/mol. The van der Waals surface area contributed by atoms with Crippen LogP contribution in [0.1, 0.15) is 18.1 Å². The summed E-state index contributed by atoms with van der Waals surface area (Å²) in [5, 5.41) is 9.29. The molecule has 0 unspecified atom stereocenters. The largest absolute Gasteiger partial charge is 0.493 e. The number of hydrogen-bond donors (Lipinski definition) is 0. The van der Waals surface area contributed by atoms with E-state index in [1.807, 2.05) is 13.0 Å².